The molecule has 2 aromatic carbocycles. The summed E-state index contributed by atoms with van der Waals surface area (Å²) < 4.78 is 70.4. The van der Waals surface area contributed by atoms with E-state index in [2.05, 4.69) is 11.8 Å². The smallest absolute Gasteiger partial charge is 0.268 e. The third-order valence-corrected chi connectivity index (χ3v) is 7.47. The molecule has 32 heavy (non-hydrogen) atoms. The Morgan fingerprint density at radius 3 is 2.31 bits per heavy atom. The number of nitrogens with one attached hydrogen (secondary N) is 1. The zero-order chi connectivity index (χ0) is 23.5. The molecule has 170 valence electrons. The molecule has 0 atom stereocenters. The predicted octanol–water partition coefficient (Wildman–Crippen LogP) is 2.14. The standard InChI is InChI=1S/C21H21FN2O6S2/c1-30-20-15(11-10-14-6-2-3-7-14)12-13-16(19(20)22)21(25)24-32(28,29)18-9-5-4-8-17(18)31(23,26)27/h4-5,8-9,12-14H,2-3,6-7H2,1H3,(H,24,25)(H2,23,26,27). The second kappa shape index (κ2) is 9.28. The van der Waals surface area contributed by atoms with E-state index in [1.165, 1.54) is 25.3 Å². The van der Waals surface area contributed by atoms with Crippen LogP contribution in [0.2, 0.25) is 0 Å². The van der Waals surface area contributed by atoms with Gasteiger partial charge >= 0.3 is 0 Å². The first-order valence-electron chi connectivity index (χ1n) is 9.61. The molecule has 1 aliphatic rings. The van der Waals surface area contributed by atoms with E-state index in [1.807, 2.05) is 0 Å². The molecule has 0 spiro atoms. The second-order valence-corrected chi connectivity index (χ2v) is 10.4. The summed E-state index contributed by atoms with van der Waals surface area (Å²) >= 11 is 0. The van der Waals surface area contributed by atoms with Gasteiger partial charge in [0.05, 0.1) is 18.2 Å². The Morgan fingerprint density at radius 2 is 1.72 bits per heavy atom. The topological polar surface area (TPSA) is 133 Å². The molecule has 2 aromatic rings. The van der Waals surface area contributed by atoms with Gasteiger partial charge in [0.25, 0.3) is 15.9 Å². The summed E-state index contributed by atoms with van der Waals surface area (Å²) in [6.07, 6.45) is 4.12. The summed E-state index contributed by atoms with van der Waals surface area (Å²) in [5.74, 6) is 3.47. The highest BCUT2D eigenvalue weighted by molar-refractivity contribution is 7.92. The molecule has 0 bridgehead atoms. The molecule has 11 heteroatoms. The van der Waals surface area contributed by atoms with Gasteiger partial charge in [0, 0.05) is 5.92 Å². The lowest BCUT2D eigenvalue weighted by molar-refractivity contribution is 0.0976. The summed E-state index contributed by atoms with van der Waals surface area (Å²) in [7, 11) is -7.87. The van der Waals surface area contributed by atoms with Crippen molar-refractivity contribution in [3.63, 3.8) is 0 Å². The first-order valence-corrected chi connectivity index (χ1v) is 12.6. The van der Waals surface area contributed by atoms with Gasteiger partial charge in [-0.15, -0.1) is 0 Å². The molecular weight excluding hydrogens is 459 g/mol. The number of benzene rings is 2. The Labute approximate surface area is 186 Å². The number of hydrogen-bond acceptors (Lipinski definition) is 6. The highest BCUT2D eigenvalue weighted by Gasteiger charge is 2.28. The number of primary sulfonamides is 1. The number of hydrogen-bond donors (Lipinski definition) is 2. The largest absolute Gasteiger partial charge is 0.492 e. The molecule has 1 saturated carbocycles. The van der Waals surface area contributed by atoms with Gasteiger partial charge in [-0.3, -0.25) is 4.79 Å². The Morgan fingerprint density at radius 1 is 1.09 bits per heavy atom. The number of ether oxygens (including phenoxy) is 1. The third-order valence-electron chi connectivity index (χ3n) is 4.98. The van der Waals surface area contributed by atoms with Gasteiger partial charge in [0.2, 0.25) is 10.0 Å². The van der Waals surface area contributed by atoms with Crippen LogP contribution in [0, 0.1) is 23.6 Å². The van der Waals surface area contributed by atoms with Crippen molar-refractivity contribution in [1.82, 2.24) is 4.72 Å². The summed E-state index contributed by atoms with van der Waals surface area (Å²) in [5, 5.41) is 5.05. The number of halogens is 1. The van der Waals surface area contributed by atoms with E-state index in [-0.39, 0.29) is 17.2 Å². The van der Waals surface area contributed by atoms with Crippen molar-refractivity contribution in [3.8, 4) is 17.6 Å². The zero-order valence-corrected chi connectivity index (χ0v) is 18.7. The molecule has 3 N–H and O–H groups in total. The fourth-order valence-corrected chi connectivity index (χ4v) is 5.77. The molecule has 8 nitrogen and oxygen atoms in total. The minimum absolute atomic E-state index is 0.217. The fourth-order valence-electron chi connectivity index (χ4n) is 3.42. The van der Waals surface area contributed by atoms with Crippen LogP contribution in [0.4, 0.5) is 4.39 Å². The van der Waals surface area contributed by atoms with Crippen LogP contribution in [0.3, 0.4) is 0 Å². The van der Waals surface area contributed by atoms with Crippen LogP contribution in [-0.2, 0) is 20.0 Å². The van der Waals surface area contributed by atoms with E-state index >= 15 is 0 Å². The van der Waals surface area contributed by atoms with Crippen molar-refractivity contribution in [2.45, 2.75) is 35.5 Å². The van der Waals surface area contributed by atoms with Gasteiger partial charge in [0.1, 0.15) is 9.79 Å². The first-order chi connectivity index (χ1) is 15.0. The lowest BCUT2D eigenvalue weighted by atomic mass is 10.1. The maximum absolute atomic E-state index is 15.0. The van der Waals surface area contributed by atoms with Gasteiger partial charge in [0.15, 0.2) is 11.6 Å². The van der Waals surface area contributed by atoms with E-state index in [9.17, 15) is 26.0 Å². The first kappa shape index (κ1) is 23.7. The number of carbonyl (C=O) groups is 1. The van der Waals surface area contributed by atoms with Crippen molar-refractivity contribution in [2.75, 3.05) is 7.11 Å². The van der Waals surface area contributed by atoms with Crippen LogP contribution in [0.15, 0.2) is 46.2 Å². The maximum atomic E-state index is 15.0. The minimum Gasteiger partial charge on any atom is -0.492 e. The Balaban J connectivity index is 1.93. The molecule has 0 aliphatic heterocycles. The third kappa shape index (κ3) is 5.09. The van der Waals surface area contributed by atoms with Crippen molar-refractivity contribution in [2.24, 2.45) is 11.1 Å². The van der Waals surface area contributed by atoms with Crippen LogP contribution < -0.4 is 14.6 Å². The number of nitrogens with two attached hydrogens (primary N) is 1. The van der Waals surface area contributed by atoms with E-state index in [0.29, 0.717) is 0 Å². The average Bonchev–Trinajstić information content (AvgIpc) is 3.25. The van der Waals surface area contributed by atoms with E-state index in [1.54, 1.807) is 4.72 Å². The average molecular weight is 481 g/mol. The highest BCUT2D eigenvalue weighted by Crippen LogP contribution is 2.28. The zero-order valence-electron chi connectivity index (χ0n) is 17.1. The van der Waals surface area contributed by atoms with E-state index < -0.39 is 47.1 Å². The lowest BCUT2D eigenvalue weighted by Crippen LogP contribution is -2.32. The van der Waals surface area contributed by atoms with Crippen molar-refractivity contribution in [1.29, 1.82) is 0 Å². The van der Waals surface area contributed by atoms with Gasteiger partial charge < -0.3 is 4.74 Å². The van der Waals surface area contributed by atoms with Gasteiger partial charge in [-0.2, -0.15) is 0 Å². The second-order valence-electron chi connectivity index (χ2n) is 7.18. The highest BCUT2D eigenvalue weighted by atomic mass is 32.2. The Kier molecular flexibility index (Phi) is 6.88. The number of rotatable bonds is 5. The summed E-state index contributed by atoms with van der Waals surface area (Å²) in [6.45, 7) is 0. The van der Waals surface area contributed by atoms with E-state index in [0.717, 1.165) is 43.9 Å². The fraction of sp³-hybridized carbons (Fsp3) is 0.286. The molecule has 0 heterocycles. The van der Waals surface area contributed by atoms with Gasteiger partial charge in [-0.05, 0) is 37.1 Å². The molecule has 1 amide bonds. The Bertz CT molecular complexity index is 1320. The number of methoxy groups -OCH3 is 1. The molecular formula is C21H21FN2O6S2. The van der Waals surface area contributed by atoms with Crippen LogP contribution in [0.5, 0.6) is 5.75 Å². The predicted molar refractivity (Wildman–Crippen MR) is 114 cm³/mol. The number of sulfonamides is 2. The summed E-state index contributed by atoms with van der Waals surface area (Å²) in [6, 6.07) is 6.94. The van der Waals surface area contributed by atoms with Crippen molar-refractivity contribution < 1.29 is 30.8 Å². The van der Waals surface area contributed by atoms with Crippen LogP contribution in [0.1, 0.15) is 41.6 Å². The molecule has 0 unspecified atom stereocenters. The SMILES string of the molecule is COc1c(C#CC2CCCC2)ccc(C(=O)NS(=O)(=O)c2ccccc2S(N)(=O)=O)c1F. The minimum atomic E-state index is -4.68. The number of amides is 1. The lowest BCUT2D eigenvalue weighted by Gasteiger charge is -2.12. The summed E-state index contributed by atoms with van der Waals surface area (Å²) in [4.78, 5) is 11.1. The van der Waals surface area contributed by atoms with Crippen LogP contribution in [-0.4, -0.2) is 29.9 Å². The van der Waals surface area contributed by atoms with Crippen LogP contribution >= 0.6 is 0 Å². The molecule has 1 fully saturated rings. The number of carbonyl (C=O) groups excluding carboxylic acids is 1. The molecule has 0 radical (unpaired) electrons. The van der Waals surface area contributed by atoms with Crippen molar-refractivity contribution >= 4 is 26.0 Å². The maximum Gasteiger partial charge on any atom is 0.268 e. The molecule has 0 saturated heterocycles. The Hall–Kier alpha value is -2.94. The van der Waals surface area contributed by atoms with E-state index in [4.69, 9.17) is 9.88 Å². The molecule has 1 aliphatic carbocycles. The monoisotopic (exact) mass is 480 g/mol. The van der Waals surface area contributed by atoms with Gasteiger partial charge in [-0.1, -0.05) is 36.8 Å². The normalized spacial score (nSPS) is 14.5. The molecule has 0 aromatic heterocycles. The van der Waals surface area contributed by atoms with Crippen molar-refractivity contribution in [3.05, 3.63) is 53.3 Å². The van der Waals surface area contributed by atoms with Gasteiger partial charge in [-0.25, -0.2) is 31.1 Å². The van der Waals surface area contributed by atoms with Crippen LogP contribution in [0.25, 0.3) is 0 Å². The summed E-state index contributed by atoms with van der Waals surface area (Å²) in [5.41, 5.74) is -0.374. The molecule has 3 rings (SSSR count). The quantitative estimate of drug-likeness (QED) is 0.630.